The van der Waals surface area contributed by atoms with Crippen LogP contribution in [0.5, 0.6) is 0 Å². The van der Waals surface area contributed by atoms with E-state index in [1.54, 1.807) is 24.3 Å². The molecular weight excluding hydrogens is 196 g/mol. The van der Waals surface area contributed by atoms with E-state index in [2.05, 4.69) is 0 Å². The maximum absolute atomic E-state index is 10.9. The standard InChI is InChI=1S/C8H9ClO2S/c1-12(10,11)6-7-2-4-8(9)5-3-7/h2-5H,6H2,1H3. The molecule has 1 aromatic rings. The van der Waals surface area contributed by atoms with Gasteiger partial charge in [-0.2, -0.15) is 0 Å². The molecule has 0 aromatic heterocycles. The minimum Gasteiger partial charge on any atom is -0.229 e. The van der Waals surface area contributed by atoms with Crippen molar-refractivity contribution < 1.29 is 8.42 Å². The van der Waals surface area contributed by atoms with Crippen LogP contribution in [0.15, 0.2) is 24.3 Å². The van der Waals surface area contributed by atoms with Crippen LogP contribution in [0.4, 0.5) is 0 Å². The molecule has 0 aliphatic heterocycles. The third-order valence-electron chi connectivity index (χ3n) is 1.34. The summed E-state index contributed by atoms with van der Waals surface area (Å²) in [4.78, 5) is 0. The largest absolute Gasteiger partial charge is 0.229 e. The van der Waals surface area contributed by atoms with E-state index in [0.717, 1.165) is 5.56 Å². The van der Waals surface area contributed by atoms with Gasteiger partial charge in [-0.3, -0.25) is 0 Å². The summed E-state index contributed by atoms with van der Waals surface area (Å²) in [5.74, 6) is 0.0736. The van der Waals surface area contributed by atoms with E-state index in [1.807, 2.05) is 0 Å². The van der Waals surface area contributed by atoms with Gasteiger partial charge in [0.05, 0.1) is 5.75 Å². The van der Waals surface area contributed by atoms with Crippen molar-refractivity contribution in [3.05, 3.63) is 34.9 Å². The maximum Gasteiger partial charge on any atom is 0.151 e. The molecule has 2 nitrogen and oxygen atoms in total. The Morgan fingerprint density at radius 3 is 2.17 bits per heavy atom. The van der Waals surface area contributed by atoms with Crippen LogP contribution in [0.2, 0.25) is 5.02 Å². The average molecular weight is 205 g/mol. The van der Waals surface area contributed by atoms with E-state index < -0.39 is 9.84 Å². The van der Waals surface area contributed by atoms with Gasteiger partial charge in [-0.15, -0.1) is 0 Å². The van der Waals surface area contributed by atoms with Crippen LogP contribution >= 0.6 is 11.6 Å². The molecule has 0 saturated heterocycles. The van der Waals surface area contributed by atoms with Crippen LogP contribution in [0, 0.1) is 0 Å². The van der Waals surface area contributed by atoms with Crippen LogP contribution in [0.3, 0.4) is 0 Å². The van der Waals surface area contributed by atoms with E-state index in [9.17, 15) is 8.42 Å². The summed E-state index contributed by atoms with van der Waals surface area (Å²) < 4.78 is 21.7. The minimum atomic E-state index is -2.93. The number of benzene rings is 1. The zero-order valence-corrected chi connectivity index (χ0v) is 8.19. The first kappa shape index (κ1) is 9.55. The molecule has 0 saturated carbocycles. The zero-order valence-electron chi connectivity index (χ0n) is 6.62. The van der Waals surface area contributed by atoms with Gasteiger partial charge >= 0.3 is 0 Å². The third-order valence-corrected chi connectivity index (χ3v) is 2.45. The van der Waals surface area contributed by atoms with Crippen molar-refractivity contribution >= 4 is 21.4 Å². The summed E-state index contributed by atoms with van der Waals surface area (Å²) >= 11 is 5.63. The summed E-state index contributed by atoms with van der Waals surface area (Å²) in [6.07, 6.45) is 1.21. The van der Waals surface area contributed by atoms with Crippen LogP contribution < -0.4 is 0 Å². The van der Waals surface area contributed by atoms with E-state index >= 15 is 0 Å². The fraction of sp³-hybridized carbons (Fsp3) is 0.250. The van der Waals surface area contributed by atoms with Crippen molar-refractivity contribution in [3.8, 4) is 0 Å². The van der Waals surface area contributed by atoms with Crippen molar-refractivity contribution in [1.82, 2.24) is 0 Å². The summed E-state index contributed by atoms with van der Waals surface area (Å²) in [5, 5.41) is 0.618. The minimum absolute atomic E-state index is 0.0736. The van der Waals surface area contributed by atoms with Crippen molar-refractivity contribution in [1.29, 1.82) is 0 Å². The van der Waals surface area contributed by atoms with Crippen molar-refractivity contribution in [3.63, 3.8) is 0 Å². The molecule has 0 bridgehead atoms. The predicted octanol–water partition coefficient (Wildman–Crippen LogP) is 1.88. The SMILES string of the molecule is CS(=O)(=O)Cc1ccc(Cl)cc1. The van der Waals surface area contributed by atoms with Crippen LogP contribution in [-0.4, -0.2) is 14.7 Å². The number of halogens is 1. The lowest BCUT2D eigenvalue weighted by Crippen LogP contribution is -1.99. The highest BCUT2D eigenvalue weighted by molar-refractivity contribution is 7.89. The van der Waals surface area contributed by atoms with Crippen LogP contribution in [0.1, 0.15) is 5.56 Å². The number of hydrogen-bond donors (Lipinski definition) is 0. The molecule has 0 atom stereocenters. The molecule has 0 unspecified atom stereocenters. The molecule has 12 heavy (non-hydrogen) atoms. The van der Waals surface area contributed by atoms with Crippen molar-refractivity contribution in [2.24, 2.45) is 0 Å². The Balaban J connectivity index is 2.85. The van der Waals surface area contributed by atoms with Gasteiger partial charge in [0.15, 0.2) is 9.84 Å². The molecular formula is C8H9ClO2S. The Bertz CT molecular complexity index is 353. The molecule has 4 heteroatoms. The molecule has 0 aliphatic rings. The second kappa shape index (κ2) is 3.46. The number of sulfone groups is 1. The first-order chi connectivity index (χ1) is 5.47. The summed E-state index contributed by atoms with van der Waals surface area (Å²) in [5.41, 5.74) is 0.766. The molecule has 0 spiro atoms. The summed E-state index contributed by atoms with van der Waals surface area (Å²) in [7, 11) is -2.93. The zero-order chi connectivity index (χ0) is 9.19. The molecule has 0 heterocycles. The van der Waals surface area contributed by atoms with E-state index in [4.69, 9.17) is 11.6 Å². The second-order valence-electron chi connectivity index (χ2n) is 2.70. The predicted molar refractivity (Wildman–Crippen MR) is 50.0 cm³/mol. The lowest BCUT2D eigenvalue weighted by Gasteiger charge is -1.98. The molecule has 0 radical (unpaired) electrons. The highest BCUT2D eigenvalue weighted by Crippen LogP contribution is 2.11. The first-order valence-electron chi connectivity index (χ1n) is 3.39. The van der Waals surface area contributed by atoms with Gasteiger partial charge in [0.25, 0.3) is 0 Å². The topological polar surface area (TPSA) is 34.1 Å². The van der Waals surface area contributed by atoms with Crippen LogP contribution in [-0.2, 0) is 15.6 Å². The molecule has 0 aliphatic carbocycles. The van der Waals surface area contributed by atoms with Gasteiger partial charge < -0.3 is 0 Å². The first-order valence-corrected chi connectivity index (χ1v) is 5.83. The maximum atomic E-state index is 10.9. The third kappa shape index (κ3) is 3.24. The molecule has 1 aromatic carbocycles. The fourth-order valence-electron chi connectivity index (χ4n) is 0.883. The van der Waals surface area contributed by atoms with Crippen LogP contribution in [0.25, 0.3) is 0 Å². The Morgan fingerprint density at radius 1 is 1.25 bits per heavy atom. The molecule has 0 amide bonds. The van der Waals surface area contributed by atoms with E-state index in [-0.39, 0.29) is 5.75 Å². The normalized spacial score (nSPS) is 11.5. The molecule has 0 fully saturated rings. The van der Waals surface area contributed by atoms with Crippen molar-refractivity contribution in [2.75, 3.05) is 6.26 Å². The quantitative estimate of drug-likeness (QED) is 0.737. The number of rotatable bonds is 2. The van der Waals surface area contributed by atoms with Gasteiger partial charge in [0, 0.05) is 11.3 Å². The van der Waals surface area contributed by atoms with Gasteiger partial charge in [0.1, 0.15) is 0 Å². The van der Waals surface area contributed by atoms with Gasteiger partial charge in [0.2, 0.25) is 0 Å². The summed E-state index contributed by atoms with van der Waals surface area (Å²) in [6.45, 7) is 0. The summed E-state index contributed by atoms with van der Waals surface area (Å²) in [6, 6.07) is 6.79. The lowest BCUT2D eigenvalue weighted by molar-refractivity contribution is 0.601. The Hall–Kier alpha value is -0.540. The van der Waals surface area contributed by atoms with Gasteiger partial charge in [-0.25, -0.2) is 8.42 Å². The Morgan fingerprint density at radius 2 is 1.75 bits per heavy atom. The molecule has 66 valence electrons. The smallest absolute Gasteiger partial charge is 0.151 e. The highest BCUT2D eigenvalue weighted by Gasteiger charge is 2.03. The molecule has 1 rings (SSSR count). The Kier molecular flexibility index (Phi) is 2.75. The monoisotopic (exact) mass is 204 g/mol. The average Bonchev–Trinajstić information content (AvgIpc) is 1.91. The van der Waals surface area contributed by atoms with Gasteiger partial charge in [-0.05, 0) is 17.7 Å². The van der Waals surface area contributed by atoms with E-state index in [0.29, 0.717) is 5.02 Å². The van der Waals surface area contributed by atoms with Crippen molar-refractivity contribution in [2.45, 2.75) is 5.75 Å². The number of hydrogen-bond acceptors (Lipinski definition) is 2. The fourth-order valence-corrected chi connectivity index (χ4v) is 1.81. The second-order valence-corrected chi connectivity index (χ2v) is 5.27. The van der Waals surface area contributed by atoms with Gasteiger partial charge in [-0.1, -0.05) is 23.7 Å². The van der Waals surface area contributed by atoms with E-state index in [1.165, 1.54) is 6.26 Å². The molecule has 0 N–H and O–H groups in total. The lowest BCUT2D eigenvalue weighted by atomic mass is 10.2. The Labute approximate surface area is 77.1 Å². The highest BCUT2D eigenvalue weighted by atomic mass is 35.5.